The topological polar surface area (TPSA) is 385 Å². The van der Waals surface area contributed by atoms with Crippen LogP contribution in [0.15, 0.2) is 36.4 Å². The number of unbranched alkanes of at least 4 members (excludes halogenated alkanes) is 5. The van der Waals surface area contributed by atoms with Gasteiger partial charge in [-0.05, 0) is 151 Å². The van der Waals surface area contributed by atoms with Gasteiger partial charge in [0, 0.05) is 52.4 Å². The molecule has 2 aromatic carbocycles. The molecule has 0 aromatic heterocycles. The van der Waals surface area contributed by atoms with E-state index in [1.54, 1.807) is 36.4 Å². The van der Waals surface area contributed by atoms with E-state index in [-0.39, 0.29) is 110 Å². The minimum Gasteiger partial charge on any atom is -0.454 e. The molecular formula is C62H103N15O13. The summed E-state index contributed by atoms with van der Waals surface area (Å²) in [6, 6.07) is 10.4. The van der Waals surface area contributed by atoms with E-state index in [0.717, 1.165) is 12.8 Å². The average Bonchev–Trinajstić information content (AvgIpc) is 4.20. The molecule has 0 bridgehead atoms. The van der Waals surface area contributed by atoms with E-state index in [4.69, 9.17) is 53.3 Å². The summed E-state index contributed by atoms with van der Waals surface area (Å²) in [5, 5.41) is 3.15. The van der Waals surface area contributed by atoms with Gasteiger partial charge in [-0.1, -0.05) is 39.8 Å². The van der Waals surface area contributed by atoms with Gasteiger partial charge in [0.05, 0.1) is 45.8 Å². The first kappa shape index (κ1) is 75.1. The molecule has 2 aliphatic heterocycles. The second kappa shape index (κ2) is 41.1. The average molecular weight is 1270 g/mol. The molecule has 4 rings (SSSR count). The van der Waals surface area contributed by atoms with E-state index in [1.165, 1.54) is 39.2 Å². The Morgan fingerprint density at radius 3 is 1.04 bits per heavy atom. The van der Waals surface area contributed by atoms with Crippen molar-refractivity contribution >= 4 is 53.2 Å². The molecule has 28 heteroatoms. The molecular weight excluding hydrogens is 1160 g/mol. The summed E-state index contributed by atoms with van der Waals surface area (Å²) in [5.74, 6) is -3.21. The number of nitrogens with two attached hydrogens (primary N) is 6. The van der Waals surface area contributed by atoms with E-state index in [9.17, 15) is 38.4 Å². The van der Waals surface area contributed by atoms with Crippen LogP contribution in [0.4, 0.5) is 0 Å². The van der Waals surface area contributed by atoms with Crippen LogP contribution in [-0.2, 0) is 56.2 Å². The van der Waals surface area contributed by atoms with E-state index in [2.05, 4.69) is 5.32 Å². The molecule has 0 radical (unpaired) electrons. The van der Waals surface area contributed by atoms with Gasteiger partial charge in [-0.3, -0.25) is 43.2 Å². The number of hydrogen-bond donors (Lipinski definition) is 7. The van der Waals surface area contributed by atoms with E-state index in [1.807, 2.05) is 27.7 Å². The first-order valence-corrected chi connectivity index (χ1v) is 31.7. The Labute approximate surface area is 530 Å². The monoisotopic (exact) mass is 1270 g/mol. The maximum atomic E-state index is 15.1. The highest BCUT2D eigenvalue weighted by molar-refractivity contribution is 5.94. The second-order valence-electron chi connectivity index (χ2n) is 23.6. The molecule has 90 heavy (non-hydrogen) atoms. The second-order valence-corrected chi connectivity index (χ2v) is 23.6. The predicted molar refractivity (Wildman–Crippen MR) is 339 cm³/mol. The van der Waals surface area contributed by atoms with Crippen molar-refractivity contribution < 1.29 is 62.1 Å². The van der Waals surface area contributed by atoms with Crippen LogP contribution in [0.2, 0.25) is 0 Å². The van der Waals surface area contributed by atoms with Gasteiger partial charge in [-0.15, -0.1) is 0 Å². The number of nitrogens with zero attached hydrogens (tertiary/aromatic N) is 8. The van der Waals surface area contributed by atoms with Crippen molar-refractivity contribution in [3.05, 3.63) is 47.5 Å². The standard InChI is InChI=1S/C62H103N15O13/c1-46(2)32-74(40-57(81)71(26-12-7-21-65)37-56(80)70(36-54(68)78)25-11-6-20-64)60(84)38-72(27-13-8-22-66)59(83)42-77(35-49-16-18-51-53(30-49)90-45-88-51)61(85)39-73(28-14-9-23-67)58(82)41-75(33-47(3)4)62(86)43-76(55(79)31-69-24-10-5-19-63)34-48-15-17-50-52(29-48)89-44-87-50/h15-18,29-30,46-47,69H,5-14,19-28,31-45,63-67H2,1-4H3,(H2,68,78). The van der Waals surface area contributed by atoms with E-state index >= 15 is 4.79 Å². The molecule has 0 aliphatic carbocycles. The van der Waals surface area contributed by atoms with Crippen molar-refractivity contribution in [3.63, 3.8) is 0 Å². The van der Waals surface area contributed by atoms with E-state index < -0.39 is 80.0 Å². The third-order valence-electron chi connectivity index (χ3n) is 14.9. The molecule has 2 aromatic rings. The summed E-state index contributed by atoms with van der Waals surface area (Å²) in [7, 11) is 0. The minimum atomic E-state index is -0.717. The Balaban J connectivity index is 1.64. The fourth-order valence-electron chi connectivity index (χ4n) is 10.1. The maximum absolute atomic E-state index is 15.1. The molecule has 0 unspecified atom stereocenters. The smallest absolute Gasteiger partial charge is 0.242 e. The van der Waals surface area contributed by atoms with Crippen LogP contribution in [0.5, 0.6) is 23.0 Å². The van der Waals surface area contributed by atoms with Crippen molar-refractivity contribution in [2.24, 2.45) is 46.2 Å². The molecule has 504 valence electrons. The van der Waals surface area contributed by atoms with Crippen molar-refractivity contribution in [1.82, 2.24) is 44.5 Å². The summed E-state index contributed by atoms with van der Waals surface area (Å²) < 4.78 is 22.3. The molecule has 0 atom stereocenters. The van der Waals surface area contributed by atoms with Crippen LogP contribution in [0.1, 0.15) is 103 Å². The zero-order valence-corrected chi connectivity index (χ0v) is 53.7. The quantitative estimate of drug-likeness (QED) is 0.0413. The minimum absolute atomic E-state index is 0.0159. The number of ether oxygens (including phenoxy) is 4. The van der Waals surface area contributed by atoms with Crippen LogP contribution in [0, 0.1) is 11.8 Å². The van der Waals surface area contributed by atoms with Crippen molar-refractivity contribution in [1.29, 1.82) is 0 Å². The highest BCUT2D eigenvalue weighted by atomic mass is 16.7. The predicted octanol–water partition coefficient (Wildman–Crippen LogP) is -0.446. The number of benzene rings is 2. The SMILES string of the molecule is CC(C)CN(CC(=O)N(CCCCN)CC(=O)N(CCCCN)CC(N)=O)C(=O)CN(CCCCN)C(=O)CN(Cc1ccc2c(c1)OCO2)C(=O)CN(CCCCN)C(=O)CN(CC(C)C)C(=O)CN(Cc1ccc2c(c1)OCO2)C(=O)CNCCCCN. The zero-order valence-electron chi connectivity index (χ0n) is 53.7. The third kappa shape index (κ3) is 27.0. The van der Waals surface area contributed by atoms with Gasteiger partial charge < -0.3 is 97.9 Å². The molecule has 0 spiro atoms. The van der Waals surface area contributed by atoms with Gasteiger partial charge in [0.1, 0.15) is 13.1 Å². The maximum Gasteiger partial charge on any atom is 0.242 e. The van der Waals surface area contributed by atoms with Gasteiger partial charge in [0.2, 0.25) is 66.8 Å². The van der Waals surface area contributed by atoms with Gasteiger partial charge in [0.25, 0.3) is 0 Å². The number of nitrogens with one attached hydrogen (secondary N) is 1. The lowest BCUT2D eigenvalue weighted by atomic mass is 10.1. The molecule has 2 heterocycles. The first-order chi connectivity index (χ1) is 43.2. The normalized spacial score (nSPS) is 12.0. The molecule has 0 fully saturated rings. The number of carbonyl (C=O) groups is 9. The fourth-order valence-corrected chi connectivity index (χ4v) is 10.1. The third-order valence-corrected chi connectivity index (χ3v) is 14.9. The Hall–Kier alpha value is -7.37. The lowest BCUT2D eigenvalue weighted by molar-refractivity contribution is -0.149. The Morgan fingerprint density at radius 1 is 0.389 bits per heavy atom. The van der Waals surface area contributed by atoms with Crippen molar-refractivity contribution in [2.75, 3.05) is 151 Å². The van der Waals surface area contributed by atoms with Crippen molar-refractivity contribution in [2.45, 2.75) is 105 Å². The lowest BCUT2D eigenvalue weighted by Gasteiger charge is -2.33. The summed E-state index contributed by atoms with van der Waals surface area (Å²) in [4.78, 5) is 139. The molecule has 9 amide bonds. The van der Waals surface area contributed by atoms with Crippen LogP contribution >= 0.6 is 0 Å². The number of primary amides is 1. The van der Waals surface area contributed by atoms with Gasteiger partial charge in [0.15, 0.2) is 23.0 Å². The molecule has 28 nitrogen and oxygen atoms in total. The van der Waals surface area contributed by atoms with Crippen LogP contribution < -0.4 is 58.7 Å². The van der Waals surface area contributed by atoms with E-state index in [0.29, 0.717) is 125 Å². The Bertz CT molecular complexity index is 2610. The molecule has 13 N–H and O–H groups in total. The number of hydrogen-bond acceptors (Lipinski definition) is 19. The first-order valence-electron chi connectivity index (χ1n) is 31.7. The highest BCUT2D eigenvalue weighted by Gasteiger charge is 2.32. The zero-order chi connectivity index (χ0) is 66.0. The summed E-state index contributed by atoms with van der Waals surface area (Å²) in [6.45, 7) is 7.02. The van der Waals surface area contributed by atoms with Crippen LogP contribution in [0.3, 0.4) is 0 Å². The van der Waals surface area contributed by atoms with Gasteiger partial charge in [-0.2, -0.15) is 0 Å². The van der Waals surface area contributed by atoms with Crippen LogP contribution in [-0.4, -0.2) is 243 Å². The van der Waals surface area contributed by atoms with Crippen molar-refractivity contribution in [3.8, 4) is 23.0 Å². The summed E-state index contributed by atoms with van der Waals surface area (Å²) in [6.07, 6.45) is 5.44. The van der Waals surface area contributed by atoms with Crippen LogP contribution in [0.25, 0.3) is 0 Å². The number of amides is 9. The summed E-state index contributed by atoms with van der Waals surface area (Å²) >= 11 is 0. The lowest BCUT2D eigenvalue weighted by Crippen LogP contribution is -2.53. The molecule has 2 aliphatic rings. The number of rotatable bonds is 46. The summed E-state index contributed by atoms with van der Waals surface area (Å²) in [5.41, 5.74) is 35.8. The molecule has 0 saturated heterocycles. The van der Waals surface area contributed by atoms with Gasteiger partial charge in [-0.25, -0.2) is 0 Å². The Morgan fingerprint density at radius 2 is 0.689 bits per heavy atom. The fraction of sp³-hybridized carbons (Fsp3) is 0.661. The number of fused-ring (bicyclic) bond motifs is 2. The van der Waals surface area contributed by atoms with Gasteiger partial charge >= 0.3 is 0 Å². The number of carbonyl (C=O) groups excluding carboxylic acids is 9. The Kier molecular flexibility index (Phi) is 34.3. The molecule has 0 saturated carbocycles. The highest BCUT2D eigenvalue weighted by Crippen LogP contribution is 2.34. The largest absolute Gasteiger partial charge is 0.454 e.